The Balaban J connectivity index is 1.97. The van der Waals surface area contributed by atoms with E-state index in [0.29, 0.717) is 6.54 Å². The van der Waals surface area contributed by atoms with Crippen LogP contribution in [0.3, 0.4) is 0 Å². The first-order valence-electron chi connectivity index (χ1n) is 8.34. The Morgan fingerprint density at radius 1 is 1.43 bits per heavy atom. The molecule has 0 aliphatic carbocycles. The molecule has 2 heterocycles. The van der Waals surface area contributed by atoms with Crippen molar-refractivity contribution in [1.82, 2.24) is 15.4 Å². The molecule has 0 spiro atoms. The number of aryl methyl sites for hydroxylation is 2. The van der Waals surface area contributed by atoms with Gasteiger partial charge in [-0.2, -0.15) is 0 Å². The monoisotopic (exact) mass is 323 g/mol. The van der Waals surface area contributed by atoms with Gasteiger partial charge in [0.25, 0.3) is 0 Å². The molecule has 0 saturated carbocycles. The summed E-state index contributed by atoms with van der Waals surface area (Å²) in [6.45, 7) is 13.1. The number of rotatable bonds is 3. The first-order valence-corrected chi connectivity index (χ1v) is 8.34. The predicted octanol–water partition coefficient (Wildman–Crippen LogP) is 3.17. The lowest BCUT2D eigenvalue weighted by molar-refractivity contribution is 0.00697. The molecule has 23 heavy (non-hydrogen) atoms. The van der Waals surface area contributed by atoms with Crippen LogP contribution in [0.5, 0.6) is 0 Å². The van der Waals surface area contributed by atoms with E-state index in [9.17, 15) is 4.79 Å². The van der Waals surface area contributed by atoms with E-state index >= 15 is 0 Å². The largest absolute Gasteiger partial charge is 0.444 e. The summed E-state index contributed by atoms with van der Waals surface area (Å²) in [7, 11) is 0. The second-order valence-electron chi connectivity index (χ2n) is 7.35. The molecule has 2 atom stereocenters. The van der Waals surface area contributed by atoms with E-state index in [1.54, 1.807) is 0 Å². The maximum absolute atomic E-state index is 12.4. The number of carbonyl (C=O) groups excluding carboxylic acids is 1. The number of carbonyl (C=O) groups is 1. The van der Waals surface area contributed by atoms with E-state index in [2.05, 4.69) is 17.4 Å². The van der Waals surface area contributed by atoms with E-state index in [1.807, 2.05) is 39.5 Å². The van der Waals surface area contributed by atoms with Crippen molar-refractivity contribution in [2.24, 2.45) is 0 Å². The lowest BCUT2D eigenvalue weighted by atomic mass is 9.97. The zero-order valence-corrected chi connectivity index (χ0v) is 15.1. The highest BCUT2D eigenvalue weighted by molar-refractivity contribution is 5.68. The van der Waals surface area contributed by atoms with Gasteiger partial charge in [0, 0.05) is 30.7 Å². The van der Waals surface area contributed by atoms with Gasteiger partial charge in [-0.1, -0.05) is 5.16 Å². The van der Waals surface area contributed by atoms with Crippen LogP contribution in [0.25, 0.3) is 0 Å². The number of ether oxygens (including phenoxy) is 1. The molecule has 0 aromatic carbocycles. The van der Waals surface area contributed by atoms with Crippen LogP contribution in [0.1, 0.15) is 57.6 Å². The highest BCUT2D eigenvalue weighted by Crippen LogP contribution is 2.22. The van der Waals surface area contributed by atoms with E-state index < -0.39 is 5.60 Å². The fourth-order valence-electron chi connectivity index (χ4n) is 2.98. The summed E-state index contributed by atoms with van der Waals surface area (Å²) in [5.41, 5.74) is 1.56. The Morgan fingerprint density at radius 2 is 2.13 bits per heavy atom. The Kier molecular flexibility index (Phi) is 5.34. The minimum absolute atomic E-state index is 0.0964. The van der Waals surface area contributed by atoms with Crippen LogP contribution >= 0.6 is 0 Å². The first kappa shape index (κ1) is 17.8. The predicted molar refractivity (Wildman–Crippen MR) is 88.2 cm³/mol. The number of hydrogen-bond acceptors (Lipinski definition) is 5. The third-order valence-electron chi connectivity index (χ3n) is 4.34. The second kappa shape index (κ2) is 6.91. The van der Waals surface area contributed by atoms with Crippen molar-refractivity contribution in [2.75, 3.05) is 6.54 Å². The molecule has 1 N–H and O–H groups in total. The molecule has 0 bridgehead atoms. The quantitative estimate of drug-likeness (QED) is 0.925. The number of nitrogens with zero attached hydrogens (tertiary/aromatic N) is 2. The Hall–Kier alpha value is -1.56. The Bertz CT molecular complexity index is 528. The SMILES string of the molecule is Cc1noc(C)c1CNC1CCCN(C(=O)OC(C)(C)C)C1C. The summed E-state index contributed by atoms with van der Waals surface area (Å²) in [5.74, 6) is 0.850. The van der Waals surface area contributed by atoms with Gasteiger partial charge in [-0.25, -0.2) is 4.79 Å². The Labute approximate surface area is 138 Å². The molecule has 1 aliphatic rings. The van der Waals surface area contributed by atoms with Crippen LogP contribution in [-0.2, 0) is 11.3 Å². The molecule has 6 nitrogen and oxygen atoms in total. The van der Waals surface area contributed by atoms with Gasteiger partial charge in [0.2, 0.25) is 0 Å². The molecular weight excluding hydrogens is 294 g/mol. The number of likely N-dealkylation sites (tertiary alicyclic amines) is 1. The van der Waals surface area contributed by atoms with Crippen LogP contribution in [0.15, 0.2) is 4.52 Å². The summed E-state index contributed by atoms with van der Waals surface area (Å²) in [5, 5.41) is 7.54. The molecule has 2 rings (SSSR count). The van der Waals surface area contributed by atoms with Gasteiger partial charge in [-0.15, -0.1) is 0 Å². The molecule has 6 heteroatoms. The molecule has 1 fully saturated rings. The van der Waals surface area contributed by atoms with Crippen LogP contribution in [0, 0.1) is 13.8 Å². The second-order valence-corrected chi connectivity index (χ2v) is 7.35. The lowest BCUT2D eigenvalue weighted by Crippen LogP contribution is -2.55. The van der Waals surface area contributed by atoms with E-state index in [1.165, 1.54) is 0 Å². The fraction of sp³-hybridized carbons (Fsp3) is 0.765. The molecule has 1 aromatic heterocycles. The number of nitrogens with one attached hydrogen (secondary N) is 1. The smallest absolute Gasteiger partial charge is 0.410 e. The highest BCUT2D eigenvalue weighted by Gasteiger charge is 2.33. The van der Waals surface area contributed by atoms with Gasteiger partial charge in [0.05, 0.1) is 5.69 Å². The van der Waals surface area contributed by atoms with Crippen molar-refractivity contribution in [1.29, 1.82) is 0 Å². The molecule has 0 radical (unpaired) electrons. The molecular formula is C17H29N3O3. The van der Waals surface area contributed by atoms with Crippen molar-refractivity contribution in [3.8, 4) is 0 Å². The van der Waals surface area contributed by atoms with Crippen LogP contribution in [0.4, 0.5) is 4.79 Å². The van der Waals surface area contributed by atoms with E-state index in [-0.39, 0.29) is 18.2 Å². The zero-order chi connectivity index (χ0) is 17.2. The summed E-state index contributed by atoms with van der Waals surface area (Å²) in [6.07, 6.45) is 1.79. The minimum Gasteiger partial charge on any atom is -0.444 e. The van der Waals surface area contributed by atoms with Gasteiger partial charge in [-0.3, -0.25) is 0 Å². The van der Waals surface area contributed by atoms with Gasteiger partial charge in [0.15, 0.2) is 0 Å². The molecule has 1 amide bonds. The number of piperidine rings is 1. The van der Waals surface area contributed by atoms with Crippen molar-refractivity contribution in [3.05, 3.63) is 17.0 Å². The van der Waals surface area contributed by atoms with Crippen LogP contribution in [-0.4, -0.2) is 40.4 Å². The minimum atomic E-state index is -0.464. The average molecular weight is 323 g/mol. The third kappa shape index (κ3) is 4.47. The van der Waals surface area contributed by atoms with Crippen molar-refractivity contribution >= 4 is 6.09 Å². The third-order valence-corrected chi connectivity index (χ3v) is 4.34. The number of amides is 1. The topological polar surface area (TPSA) is 67.6 Å². The van der Waals surface area contributed by atoms with Crippen LogP contribution < -0.4 is 5.32 Å². The number of aromatic nitrogens is 1. The molecule has 2 unspecified atom stereocenters. The van der Waals surface area contributed by atoms with Gasteiger partial charge >= 0.3 is 6.09 Å². The van der Waals surface area contributed by atoms with E-state index in [0.717, 1.165) is 36.4 Å². The lowest BCUT2D eigenvalue weighted by Gasteiger charge is -2.40. The molecule has 1 saturated heterocycles. The Morgan fingerprint density at radius 3 is 2.70 bits per heavy atom. The molecule has 1 aromatic rings. The molecule has 1 aliphatic heterocycles. The summed E-state index contributed by atoms with van der Waals surface area (Å²) < 4.78 is 10.7. The standard InChI is InChI=1S/C17H29N3O3/c1-11-14(13(3)23-19-11)10-18-15-8-7-9-20(12(15)2)16(21)22-17(4,5)6/h12,15,18H,7-10H2,1-6H3. The summed E-state index contributed by atoms with van der Waals surface area (Å²) in [4.78, 5) is 14.2. The van der Waals surface area contributed by atoms with Gasteiger partial charge in [-0.05, 0) is 54.4 Å². The number of hydrogen-bond donors (Lipinski definition) is 1. The summed E-state index contributed by atoms with van der Waals surface area (Å²) >= 11 is 0. The van der Waals surface area contributed by atoms with E-state index in [4.69, 9.17) is 9.26 Å². The van der Waals surface area contributed by atoms with Crippen LogP contribution in [0.2, 0.25) is 0 Å². The maximum atomic E-state index is 12.4. The van der Waals surface area contributed by atoms with Gasteiger partial charge < -0.3 is 19.5 Å². The average Bonchev–Trinajstić information content (AvgIpc) is 2.75. The highest BCUT2D eigenvalue weighted by atomic mass is 16.6. The zero-order valence-electron chi connectivity index (χ0n) is 15.1. The molecule has 130 valence electrons. The maximum Gasteiger partial charge on any atom is 0.410 e. The van der Waals surface area contributed by atoms with Gasteiger partial charge in [0.1, 0.15) is 11.4 Å². The van der Waals surface area contributed by atoms with Crippen molar-refractivity contribution in [3.63, 3.8) is 0 Å². The summed E-state index contributed by atoms with van der Waals surface area (Å²) in [6, 6.07) is 0.337. The van der Waals surface area contributed by atoms with Crippen molar-refractivity contribution in [2.45, 2.75) is 78.6 Å². The first-order chi connectivity index (χ1) is 10.7. The van der Waals surface area contributed by atoms with Crippen molar-refractivity contribution < 1.29 is 14.1 Å². The normalized spacial score (nSPS) is 22.3. The fourth-order valence-corrected chi connectivity index (χ4v) is 2.98.